The number of rotatable bonds is 4. The number of nitrogens with one attached hydrogen (secondary N) is 1. The van der Waals surface area contributed by atoms with E-state index in [0.29, 0.717) is 17.7 Å². The molecular formula is C16H25N3O. The van der Waals surface area contributed by atoms with E-state index in [2.05, 4.69) is 31.1 Å². The molecular weight excluding hydrogens is 250 g/mol. The highest BCUT2D eigenvalue weighted by Gasteiger charge is 2.28. The van der Waals surface area contributed by atoms with Crippen molar-refractivity contribution in [2.75, 3.05) is 18.4 Å². The predicted molar refractivity (Wildman–Crippen MR) is 81.9 cm³/mol. The highest BCUT2D eigenvalue weighted by molar-refractivity contribution is 5.92. The summed E-state index contributed by atoms with van der Waals surface area (Å²) in [6, 6.07) is 4.08. The summed E-state index contributed by atoms with van der Waals surface area (Å²) >= 11 is 0. The molecule has 1 aliphatic heterocycles. The summed E-state index contributed by atoms with van der Waals surface area (Å²) in [4.78, 5) is 18.8. The van der Waals surface area contributed by atoms with E-state index in [4.69, 9.17) is 0 Å². The summed E-state index contributed by atoms with van der Waals surface area (Å²) in [5.41, 5.74) is 1.52. The maximum atomic E-state index is 12.5. The van der Waals surface area contributed by atoms with Crippen LogP contribution in [0.2, 0.25) is 0 Å². The third-order valence-corrected chi connectivity index (χ3v) is 3.94. The molecule has 0 aromatic carbocycles. The number of likely N-dealkylation sites (tertiary alicyclic amines) is 1. The van der Waals surface area contributed by atoms with Gasteiger partial charge in [0.2, 0.25) is 0 Å². The van der Waals surface area contributed by atoms with Crippen LogP contribution in [0.15, 0.2) is 18.3 Å². The number of anilines is 1. The molecule has 0 saturated carbocycles. The van der Waals surface area contributed by atoms with Gasteiger partial charge in [-0.1, -0.05) is 13.8 Å². The van der Waals surface area contributed by atoms with Crippen molar-refractivity contribution in [1.82, 2.24) is 9.88 Å². The Morgan fingerprint density at radius 1 is 1.40 bits per heavy atom. The van der Waals surface area contributed by atoms with Gasteiger partial charge in [-0.2, -0.15) is 0 Å². The first kappa shape index (κ1) is 14.8. The zero-order valence-electron chi connectivity index (χ0n) is 12.7. The molecule has 0 radical (unpaired) electrons. The third-order valence-electron chi connectivity index (χ3n) is 3.94. The van der Waals surface area contributed by atoms with E-state index < -0.39 is 0 Å². The molecule has 1 aliphatic rings. The van der Waals surface area contributed by atoms with Crippen LogP contribution in [0.3, 0.4) is 0 Å². The lowest BCUT2D eigenvalue weighted by Crippen LogP contribution is -2.45. The second-order valence-electron chi connectivity index (χ2n) is 5.85. The molecule has 1 N–H and O–H groups in total. The van der Waals surface area contributed by atoms with E-state index in [1.54, 1.807) is 6.20 Å². The number of aromatic nitrogens is 1. The molecule has 1 fully saturated rings. The average molecular weight is 275 g/mol. The maximum Gasteiger partial charge on any atom is 0.272 e. The molecule has 2 heterocycles. The van der Waals surface area contributed by atoms with E-state index in [0.717, 1.165) is 31.6 Å². The number of hydrogen-bond acceptors (Lipinski definition) is 3. The van der Waals surface area contributed by atoms with Gasteiger partial charge in [-0.3, -0.25) is 4.79 Å². The van der Waals surface area contributed by atoms with Crippen molar-refractivity contribution in [3.63, 3.8) is 0 Å². The lowest BCUT2D eigenvalue weighted by Gasteiger charge is -2.36. The molecule has 2 unspecified atom stereocenters. The van der Waals surface area contributed by atoms with Crippen LogP contribution in [-0.2, 0) is 0 Å². The van der Waals surface area contributed by atoms with Crippen LogP contribution in [0.25, 0.3) is 0 Å². The summed E-state index contributed by atoms with van der Waals surface area (Å²) in [6.45, 7) is 8.22. The second kappa shape index (κ2) is 6.73. The highest BCUT2D eigenvalue weighted by Crippen LogP contribution is 2.23. The molecule has 4 nitrogen and oxygen atoms in total. The third kappa shape index (κ3) is 3.50. The summed E-state index contributed by atoms with van der Waals surface area (Å²) in [5, 5.41) is 3.27. The quantitative estimate of drug-likeness (QED) is 0.918. The largest absolute Gasteiger partial charge is 0.384 e. The fourth-order valence-corrected chi connectivity index (χ4v) is 2.61. The van der Waals surface area contributed by atoms with Crippen molar-refractivity contribution in [3.8, 4) is 0 Å². The van der Waals surface area contributed by atoms with Crippen molar-refractivity contribution in [3.05, 3.63) is 24.0 Å². The molecule has 20 heavy (non-hydrogen) atoms. The number of carbonyl (C=O) groups excluding carboxylic acids is 1. The first-order chi connectivity index (χ1) is 9.61. The number of pyridine rings is 1. The van der Waals surface area contributed by atoms with Crippen molar-refractivity contribution >= 4 is 11.6 Å². The van der Waals surface area contributed by atoms with E-state index >= 15 is 0 Å². The number of carbonyl (C=O) groups is 1. The summed E-state index contributed by atoms with van der Waals surface area (Å²) < 4.78 is 0. The van der Waals surface area contributed by atoms with Gasteiger partial charge in [0.15, 0.2) is 0 Å². The molecule has 110 valence electrons. The van der Waals surface area contributed by atoms with Gasteiger partial charge in [-0.15, -0.1) is 0 Å². The fraction of sp³-hybridized carbons (Fsp3) is 0.625. The van der Waals surface area contributed by atoms with Crippen LogP contribution in [-0.4, -0.2) is 34.9 Å². The predicted octanol–water partition coefficient (Wildman–Crippen LogP) is 3.16. The van der Waals surface area contributed by atoms with Crippen molar-refractivity contribution in [2.24, 2.45) is 5.92 Å². The minimum atomic E-state index is 0.0612. The molecule has 2 rings (SSSR count). The van der Waals surface area contributed by atoms with Gasteiger partial charge >= 0.3 is 0 Å². The van der Waals surface area contributed by atoms with E-state index in [1.165, 1.54) is 6.42 Å². The summed E-state index contributed by atoms with van der Waals surface area (Å²) in [5.74, 6) is 0.645. The van der Waals surface area contributed by atoms with Crippen LogP contribution in [0.1, 0.15) is 50.5 Å². The monoisotopic (exact) mass is 275 g/mol. The number of piperidine rings is 1. The summed E-state index contributed by atoms with van der Waals surface area (Å²) in [7, 11) is 0. The smallest absolute Gasteiger partial charge is 0.272 e. The van der Waals surface area contributed by atoms with Gasteiger partial charge < -0.3 is 10.2 Å². The van der Waals surface area contributed by atoms with Gasteiger partial charge in [0, 0.05) is 19.1 Å². The normalized spacial score (nSPS) is 22.6. The Balaban J connectivity index is 2.04. The van der Waals surface area contributed by atoms with Crippen molar-refractivity contribution in [2.45, 2.75) is 46.1 Å². The van der Waals surface area contributed by atoms with E-state index in [-0.39, 0.29) is 5.91 Å². The Hall–Kier alpha value is -1.58. The Labute approximate surface area is 121 Å². The van der Waals surface area contributed by atoms with Crippen LogP contribution in [0, 0.1) is 5.92 Å². The Morgan fingerprint density at radius 2 is 2.20 bits per heavy atom. The molecule has 1 aromatic rings. The number of hydrogen-bond donors (Lipinski definition) is 1. The Kier molecular flexibility index (Phi) is 4.99. The fourth-order valence-electron chi connectivity index (χ4n) is 2.61. The molecule has 1 saturated heterocycles. The average Bonchev–Trinajstić information content (AvgIpc) is 2.47. The van der Waals surface area contributed by atoms with Crippen molar-refractivity contribution in [1.29, 1.82) is 0 Å². The minimum Gasteiger partial charge on any atom is -0.384 e. The zero-order valence-corrected chi connectivity index (χ0v) is 12.7. The first-order valence-corrected chi connectivity index (χ1v) is 7.62. The first-order valence-electron chi connectivity index (χ1n) is 7.62. The zero-order chi connectivity index (χ0) is 14.5. The van der Waals surface area contributed by atoms with Gasteiger partial charge in [0.1, 0.15) is 5.69 Å². The van der Waals surface area contributed by atoms with E-state index in [1.807, 2.05) is 17.0 Å². The minimum absolute atomic E-state index is 0.0612. The number of amides is 1. The Bertz CT molecular complexity index is 444. The molecule has 0 bridgehead atoms. The van der Waals surface area contributed by atoms with Gasteiger partial charge in [0.25, 0.3) is 5.91 Å². The molecule has 2 atom stereocenters. The molecule has 1 amide bonds. The lowest BCUT2D eigenvalue weighted by atomic mass is 9.95. The topological polar surface area (TPSA) is 45.2 Å². The SMILES string of the molecule is CCCNc1ccc(C(=O)N2CC(C)CCC2C)nc1. The van der Waals surface area contributed by atoms with Gasteiger partial charge in [-0.25, -0.2) is 4.98 Å². The summed E-state index contributed by atoms with van der Waals surface area (Å²) in [6.07, 6.45) is 5.12. The second-order valence-corrected chi connectivity index (χ2v) is 5.85. The Morgan fingerprint density at radius 3 is 2.85 bits per heavy atom. The van der Waals surface area contributed by atoms with Crippen LogP contribution >= 0.6 is 0 Å². The molecule has 4 heteroatoms. The van der Waals surface area contributed by atoms with Gasteiger partial charge in [-0.05, 0) is 44.2 Å². The van der Waals surface area contributed by atoms with Crippen LogP contribution < -0.4 is 5.32 Å². The molecule has 0 spiro atoms. The lowest BCUT2D eigenvalue weighted by molar-refractivity contribution is 0.0568. The standard InChI is InChI=1S/C16H25N3O/c1-4-9-17-14-7-8-15(18-10-14)16(20)19-11-12(2)5-6-13(19)3/h7-8,10,12-13,17H,4-6,9,11H2,1-3H3. The van der Waals surface area contributed by atoms with E-state index in [9.17, 15) is 4.79 Å². The van der Waals surface area contributed by atoms with Crippen LogP contribution in [0.5, 0.6) is 0 Å². The van der Waals surface area contributed by atoms with Crippen molar-refractivity contribution < 1.29 is 4.79 Å². The maximum absolute atomic E-state index is 12.5. The molecule has 1 aromatic heterocycles. The molecule has 0 aliphatic carbocycles. The highest BCUT2D eigenvalue weighted by atomic mass is 16.2. The van der Waals surface area contributed by atoms with Crippen LogP contribution in [0.4, 0.5) is 5.69 Å². The number of nitrogens with zero attached hydrogens (tertiary/aromatic N) is 2. The van der Waals surface area contributed by atoms with Gasteiger partial charge in [0.05, 0.1) is 11.9 Å².